The van der Waals surface area contributed by atoms with Crippen LogP contribution in [0.1, 0.15) is 26.2 Å². The van der Waals surface area contributed by atoms with Crippen molar-refractivity contribution in [3.05, 3.63) is 0 Å². The maximum Gasteiger partial charge on any atom is 0.332 e. The van der Waals surface area contributed by atoms with Crippen LogP contribution in [-0.2, 0) is 4.79 Å². The van der Waals surface area contributed by atoms with Crippen LogP contribution in [0.15, 0.2) is 0 Å². The summed E-state index contributed by atoms with van der Waals surface area (Å²) in [5.41, 5.74) is 2.71. The fourth-order valence-corrected chi connectivity index (χ4v) is 1.56. The Bertz CT molecular complexity index is 264. The van der Waals surface area contributed by atoms with Gasteiger partial charge in [0.1, 0.15) is 6.04 Å². The Balaban J connectivity index is 2.41. The zero-order valence-corrected chi connectivity index (χ0v) is 9.77. The van der Waals surface area contributed by atoms with E-state index < -0.39 is 12.0 Å². The van der Waals surface area contributed by atoms with Gasteiger partial charge in [-0.05, 0) is 19.8 Å². The normalized spacial score (nSPS) is 18.9. The summed E-state index contributed by atoms with van der Waals surface area (Å²) in [6.07, 6.45) is 3.32. The standard InChI is InChI=1S/C10H19N3O3/c1-8(9(14)15)12(2)10(16)11-13-6-4-3-5-7-13/h8H,3-7H2,1-2H3,(H,11,16)(H,14,15). The van der Waals surface area contributed by atoms with Gasteiger partial charge in [-0.3, -0.25) is 5.43 Å². The number of hydrogen-bond acceptors (Lipinski definition) is 3. The van der Waals surface area contributed by atoms with Crippen molar-refractivity contribution in [1.82, 2.24) is 15.3 Å². The Morgan fingerprint density at radius 2 is 1.88 bits per heavy atom. The number of piperidine rings is 1. The first kappa shape index (κ1) is 12.8. The number of carbonyl (C=O) groups excluding carboxylic acids is 1. The molecule has 92 valence electrons. The van der Waals surface area contributed by atoms with Gasteiger partial charge in [0, 0.05) is 20.1 Å². The Morgan fingerprint density at radius 1 is 1.31 bits per heavy atom. The first-order valence-electron chi connectivity index (χ1n) is 5.53. The van der Waals surface area contributed by atoms with E-state index in [1.807, 2.05) is 5.01 Å². The molecule has 0 aromatic rings. The van der Waals surface area contributed by atoms with Crippen molar-refractivity contribution < 1.29 is 14.7 Å². The van der Waals surface area contributed by atoms with Crippen LogP contribution in [-0.4, -0.2) is 53.2 Å². The molecule has 1 unspecified atom stereocenters. The van der Waals surface area contributed by atoms with Gasteiger partial charge in [0.25, 0.3) is 0 Å². The van der Waals surface area contributed by atoms with Crippen LogP contribution in [0, 0.1) is 0 Å². The molecule has 1 aliphatic heterocycles. The summed E-state index contributed by atoms with van der Waals surface area (Å²) in [5, 5.41) is 10.6. The van der Waals surface area contributed by atoms with E-state index in [4.69, 9.17) is 5.11 Å². The number of likely N-dealkylation sites (N-methyl/N-ethyl adjacent to an activating group) is 1. The smallest absolute Gasteiger partial charge is 0.332 e. The molecule has 0 aromatic heterocycles. The Morgan fingerprint density at radius 3 is 2.38 bits per heavy atom. The highest BCUT2D eigenvalue weighted by molar-refractivity contribution is 5.81. The topological polar surface area (TPSA) is 72.9 Å². The number of urea groups is 1. The van der Waals surface area contributed by atoms with Gasteiger partial charge < -0.3 is 10.0 Å². The lowest BCUT2D eigenvalue weighted by molar-refractivity contribution is -0.141. The summed E-state index contributed by atoms with van der Waals surface area (Å²) in [7, 11) is 1.48. The molecule has 0 spiro atoms. The van der Waals surface area contributed by atoms with E-state index in [0.717, 1.165) is 25.9 Å². The lowest BCUT2D eigenvalue weighted by Gasteiger charge is -2.30. The second kappa shape index (κ2) is 5.69. The first-order valence-corrected chi connectivity index (χ1v) is 5.53. The van der Waals surface area contributed by atoms with Crippen molar-refractivity contribution >= 4 is 12.0 Å². The number of hydrogen-bond donors (Lipinski definition) is 2. The van der Waals surface area contributed by atoms with Gasteiger partial charge in [0.2, 0.25) is 0 Å². The number of rotatable bonds is 3. The van der Waals surface area contributed by atoms with E-state index in [1.165, 1.54) is 25.3 Å². The largest absolute Gasteiger partial charge is 0.480 e. The molecule has 2 amide bonds. The third-order valence-electron chi connectivity index (χ3n) is 2.87. The molecular formula is C10H19N3O3. The van der Waals surface area contributed by atoms with Gasteiger partial charge in [-0.2, -0.15) is 0 Å². The molecule has 1 saturated heterocycles. The summed E-state index contributed by atoms with van der Waals surface area (Å²) in [5.74, 6) is -1.00. The summed E-state index contributed by atoms with van der Waals surface area (Å²) in [4.78, 5) is 23.6. The summed E-state index contributed by atoms with van der Waals surface area (Å²) in [6.45, 7) is 3.15. The lowest BCUT2D eigenvalue weighted by atomic mass is 10.2. The molecule has 1 fully saturated rings. The average Bonchev–Trinajstić information content (AvgIpc) is 2.28. The van der Waals surface area contributed by atoms with Gasteiger partial charge >= 0.3 is 12.0 Å². The molecule has 1 rings (SSSR count). The van der Waals surface area contributed by atoms with E-state index in [0.29, 0.717) is 0 Å². The highest BCUT2D eigenvalue weighted by Crippen LogP contribution is 2.06. The molecule has 1 atom stereocenters. The van der Waals surface area contributed by atoms with E-state index in [9.17, 15) is 9.59 Å². The molecule has 6 heteroatoms. The van der Waals surface area contributed by atoms with Crippen molar-refractivity contribution in [2.24, 2.45) is 0 Å². The van der Waals surface area contributed by atoms with Crippen molar-refractivity contribution in [1.29, 1.82) is 0 Å². The maximum absolute atomic E-state index is 11.7. The highest BCUT2D eigenvalue weighted by atomic mass is 16.4. The SMILES string of the molecule is CC(C(=O)O)N(C)C(=O)NN1CCCCC1. The fraction of sp³-hybridized carbons (Fsp3) is 0.800. The number of carboxylic acid groups (broad SMARTS) is 1. The molecule has 2 N–H and O–H groups in total. The van der Waals surface area contributed by atoms with Gasteiger partial charge in [-0.25, -0.2) is 14.6 Å². The number of carboxylic acids is 1. The fourth-order valence-electron chi connectivity index (χ4n) is 1.56. The van der Waals surface area contributed by atoms with Gasteiger partial charge in [-0.1, -0.05) is 6.42 Å². The van der Waals surface area contributed by atoms with E-state index in [2.05, 4.69) is 5.43 Å². The van der Waals surface area contributed by atoms with E-state index >= 15 is 0 Å². The van der Waals surface area contributed by atoms with Crippen LogP contribution in [0.5, 0.6) is 0 Å². The number of nitrogens with zero attached hydrogens (tertiary/aromatic N) is 2. The number of carbonyl (C=O) groups is 2. The van der Waals surface area contributed by atoms with Gasteiger partial charge in [0.15, 0.2) is 0 Å². The minimum absolute atomic E-state index is 0.364. The maximum atomic E-state index is 11.7. The summed E-state index contributed by atoms with van der Waals surface area (Å²) < 4.78 is 0. The van der Waals surface area contributed by atoms with Crippen LogP contribution < -0.4 is 5.43 Å². The highest BCUT2D eigenvalue weighted by Gasteiger charge is 2.23. The predicted octanol–water partition coefficient (Wildman–Crippen LogP) is 0.502. The van der Waals surface area contributed by atoms with Crippen LogP contribution >= 0.6 is 0 Å². The second-order valence-corrected chi connectivity index (χ2v) is 4.09. The molecule has 0 radical (unpaired) electrons. The Hall–Kier alpha value is -1.30. The average molecular weight is 229 g/mol. The monoisotopic (exact) mass is 229 g/mol. The van der Waals surface area contributed by atoms with Crippen molar-refractivity contribution in [3.8, 4) is 0 Å². The Kier molecular flexibility index (Phi) is 4.54. The van der Waals surface area contributed by atoms with Gasteiger partial charge in [0.05, 0.1) is 0 Å². The van der Waals surface area contributed by atoms with Crippen LogP contribution in [0.4, 0.5) is 4.79 Å². The molecule has 0 saturated carbocycles. The molecule has 0 aliphatic carbocycles. The quantitative estimate of drug-likeness (QED) is 0.739. The summed E-state index contributed by atoms with van der Waals surface area (Å²) in [6, 6.07) is -1.18. The number of amides is 2. The van der Waals surface area contributed by atoms with Crippen molar-refractivity contribution in [3.63, 3.8) is 0 Å². The van der Waals surface area contributed by atoms with Crippen LogP contribution in [0.25, 0.3) is 0 Å². The number of aliphatic carboxylic acids is 1. The molecule has 1 heterocycles. The molecule has 1 aliphatic rings. The number of nitrogens with one attached hydrogen (secondary N) is 1. The zero-order chi connectivity index (χ0) is 12.1. The van der Waals surface area contributed by atoms with Gasteiger partial charge in [-0.15, -0.1) is 0 Å². The molecule has 0 bridgehead atoms. The van der Waals surface area contributed by atoms with Crippen molar-refractivity contribution in [2.75, 3.05) is 20.1 Å². The minimum atomic E-state index is -1.00. The predicted molar refractivity (Wildman–Crippen MR) is 58.8 cm³/mol. The third kappa shape index (κ3) is 3.37. The summed E-state index contributed by atoms with van der Waals surface area (Å²) >= 11 is 0. The van der Waals surface area contributed by atoms with Crippen molar-refractivity contribution in [2.45, 2.75) is 32.2 Å². The molecular weight excluding hydrogens is 210 g/mol. The van der Waals surface area contributed by atoms with E-state index in [-0.39, 0.29) is 6.03 Å². The van der Waals surface area contributed by atoms with E-state index in [1.54, 1.807) is 0 Å². The minimum Gasteiger partial charge on any atom is -0.480 e. The Labute approximate surface area is 95.2 Å². The molecule has 0 aromatic carbocycles. The van der Waals surface area contributed by atoms with Crippen LogP contribution in [0.3, 0.4) is 0 Å². The number of hydrazine groups is 1. The zero-order valence-electron chi connectivity index (χ0n) is 9.77. The lowest BCUT2D eigenvalue weighted by Crippen LogP contribution is -2.53. The van der Waals surface area contributed by atoms with Crippen LogP contribution in [0.2, 0.25) is 0 Å². The molecule has 6 nitrogen and oxygen atoms in total. The first-order chi connectivity index (χ1) is 7.52. The molecule has 16 heavy (non-hydrogen) atoms. The second-order valence-electron chi connectivity index (χ2n) is 4.09. The third-order valence-corrected chi connectivity index (χ3v) is 2.87.